The van der Waals surface area contributed by atoms with E-state index in [9.17, 15) is 0 Å². The third kappa shape index (κ3) is 2.76. The van der Waals surface area contributed by atoms with Crippen LogP contribution < -0.4 is 5.32 Å². The lowest BCUT2D eigenvalue weighted by molar-refractivity contribution is 0.395. The zero-order valence-corrected chi connectivity index (χ0v) is 13.6. The van der Waals surface area contributed by atoms with Gasteiger partial charge in [0.2, 0.25) is 0 Å². The van der Waals surface area contributed by atoms with Crippen LogP contribution >= 0.6 is 0 Å². The molecule has 2 aliphatic rings. The molecular formula is C21H19N3. The van der Waals surface area contributed by atoms with Crippen LogP contribution in [-0.2, 0) is 0 Å². The van der Waals surface area contributed by atoms with Crippen molar-refractivity contribution in [1.82, 2.24) is 10.2 Å². The third-order valence-corrected chi connectivity index (χ3v) is 4.14. The van der Waals surface area contributed by atoms with Crippen LogP contribution in [0, 0.1) is 0 Å². The van der Waals surface area contributed by atoms with E-state index >= 15 is 0 Å². The zero-order valence-electron chi connectivity index (χ0n) is 13.6. The van der Waals surface area contributed by atoms with Gasteiger partial charge in [-0.05, 0) is 24.1 Å². The van der Waals surface area contributed by atoms with Gasteiger partial charge >= 0.3 is 0 Å². The highest BCUT2D eigenvalue weighted by molar-refractivity contribution is 5.82. The lowest BCUT2D eigenvalue weighted by Gasteiger charge is -2.24. The minimum absolute atomic E-state index is 0.117. The number of fused-ring (bicyclic) bond motifs is 1. The van der Waals surface area contributed by atoms with Crippen molar-refractivity contribution in [3.8, 4) is 0 Å². The number of rotatable bonds is 3. The van der Waals surface area contributed by atoms with Gasteiger partial charge < -0.3 is 10.2 Å². The summed E-state index contributed by atoms with van der Waals surface area (Å²) in [6.07, 6.45) is 8.49. The first-order valence-electron chi connectivity index (χ1n) is 8.11. The van der Waals surface area contributed by atoms with E-state index in [-0.39, 0.29) is 6.17 Å². The van der Waals surface area contributed by atoms with E-state index in [0.29, 0.717) is 0 Å². The van der Waals surface area contributed by atoms with Gasteiger partial charge in [0.15, 0.2) is 5.82 Å². The van der Waals surface area contributed by atoms with Crippen LogP contribution in [0.4, 0.5) is 0 Å². The Morgan fingerprint density at radius 1 is 1.00 bits per heavy atom. The van der Waals surface area contributed by atoms with Crippen molar-refractivity contribution in [2.75, 3.05) is 0 Å². The molecule has 0 aromatic heterocycles. The van der Waals surface area contributed by atoms with Crippen molar-refractivity contribution < 1.29 is 0 Å². The number of benzene rings is 2. The summed E-state index contributed by atoms with van der Waals surface area (Å²) in [6.45, 7) is 2.10. The van der Waals surface area contributed by atoms with Gasteiger partial charge in [-0.15, -0.1) is 0 Å². The van der Waals surface area contributed by atoms with Crippen LogP contribution in [0.3, 0.4) is 0 Å². The average Bonchev–Trinajstić information content (AvgIpc) is 2.99. The van der Waals surface area contributed by atoms with Crippen molar-refractivity contribution >= 4 is 11.9 Å². The van der Waals surface area contributed by atoms with Gasteiger partial charge in [0.05, 0.1) is 5.70 Å². The smallest absolute Gasteiger partial charge is 0.158 e. The predicted octanol–water partition coefficient (Wildman–Crippen LogP) is 4.14. The Kier molecular flexibility index (Phi) is 3.75. The van der Waals surface area contributed by atoms with Gasteiger partial charge in [-0.25, -0.2) is 4.99 Å². The van der Waals surface area contributed by atoms with Crippen LogP contribution in [0.15, 0.2) is 95.4 Å². The highest BCUT2D eigenvalue weighted by Crippen LogP contribution is 2.31. The molecule has 0 spiro atoms. The van der Waals surface area contributed by atoms with Crippen molar-refractivity contribution in [1.29, 1.82) is 0 Å². The molecular weight excluding hydrogens is 294 g/mol. The summed E-state index contributed by atoms with van der Waals surface area (Å²) >= 11 is 0. The molecule has 24 heavy (non-hydrogen) atoms. The molecule has 4 rings (SSSR count). The lowest BCUT2D eigenvalue weighted by Crippen LogP contribution is -2.33. The molecule has 3 heteroatoms. The summed E-state index contributed by atoms with van der Waals surface area (Å²) in [5, 5.41) is 3.58. The quantitative estimate of drug-likeness (QED) is 0.863. The zero-order chi connectivity index (χ0) is 16.4. The SMILES string of the molecule is CC1=CN2C(N=Cc3ccccc3)=C(c3ccccc3)N[C@@H]2C=C1. The summed E-state index contributed by atoms with van der Waals surface area (Å²) in [5.74, 6) is 0.943. The Labute approximate surface area is 142 Å². The number of nitrogens with zero attached hydrogens (tertiary/aromatic N) is 2. The van der Waals surface area contributed by atoms with Crippen LogP contribution in [-0.4, -0.2) is 17.3 Å². The lowest BCUT2D eigenvalue weighted by atomic mass is 10.1. The molecule has 1 atom stereocenters. The Morgan fingerprint density at radius 2 is 1.71 bits per heavy atom. The molecule has 2 aromatic rings. The normalized spacial score (nSPS) is 19.5. The van der Waals surface area contributed by atoms with Gasteiger partial charge in [-0.1, -0.05) is 66.7 Å². The Bertz CT molecular complexity index is 845. The molecule has 1 N–H and O–H groups in total. The van der Waals surface area contributed by atoms with E-state index in [4.69, 9.17) is 4.99 Å². The molecule has 0 unspecified atom stereocenters. The first-order valence-corrected chi connectivity index (χ1v) is 8.11. The van der Waals surface area contributed by atoms with Crippen molar-refractivity contribution in [2.45, 2.75) is 13.1 Å². The van der Waals surface area contributed by atoms with Gasteiger partial charge in [0.25, 0.3) is 0 Å². The maximum Gasteiger partial charge on any atom is 0.158 e. The molecule has 0 radical (unpaired) electrons. The van der Waals surface area contributed by atoms with Crippen LogP contribution in [0.1, 0.15) is 18.1 Å². The minimum Gasteiger partial charge on any atom is -0.358 e. The topological polar surface area (TPSA) is 27.6 Å². The molecule has 118 valence electrons. The molecule has 2 aromatic carbocycles. The maximum absolute atomic E-state index is 4.81. The molecule has 0 saturated carbocycles. The fraction of sp³-hybridized carbons (Fsp3) is 0.0952. The largest absolute Gasteiger partial charge is 0.358 e. The summed E-state index contributed by atoms with van der Waals surface area (Å²) in [4.78, 5) is 7.00. The number of hydrogen-bond donors (Lipinski definition) is 1. The minimum atomic E-state index is 0.117. The Morgan fingerprint density at radius 3 is 2.46 bits per heavy atom. The van der Waals surface area contributed by atoms with E-state index in [1.54, 1.807) is 0 Å². The summed E-state index contributed by atoms with van der Waals surface area (Å²) in [6, 6.07) is 20.5. The first kappa shape index (κ1) is 14.5. The van der Waals surface area contributed by atoms with Crippen LogP contribution in [0.5, 0.6) is 0 Å². The first-order chi connectivity index (χ1) is 11.8. The Hall–Kier alpha value is -3.07. The van der Waals surface area contributed by atoms with Gasteiger partial charge in [-0.2, -0.15) is 0 Å². The van der Waals surface area contributed by atoms with Crippen molar-refractivity contribution in [2.24, 2.45) is 4.99 Å². The number of hydrogen-bond acceptors (Lipinski definition) is 3. The number of aliphatic imine (C=N–C) groups is 1. The second-order valence-electron chi connectivity index (χ2n) is 5.96. The van der Waals surface area contributed by atoms with E-state index in [2.05, 4.69) is 71.9 Å². The second-order valence-corrected chi connectivity index (χ2v) is 5.96. The van der Waals surface area contributed by atoms with Crippen LogP contribution in [0.2, 0.25) is 0 Å². The van der Waals surface area contributed by atoms with Crippen molar-refractivity contribution in [3.63, 3.8) is 0 Å². The van der Waals surface area contributed by atoms with Crippen molar-refractivity contribution in [3.05, 3.63) is 102 Å². The van der Waals surface area contributed by atoms with E-state index < -0.39 is 0 Å². The van der Waals surface area contributed by atoms with E-state index in [1.807, 2.05) is 30.5 Å². The molecule has 0 amide bonds. The molecule has 0 saturated heterocycles. The summed E-state index contributed by atoms with van der Waals surface area (Å²) < 4.78 is 0. The standard InChI is InChI=1S/C21H19N3/c1-16-12-13-19-23-20(18-10-6-3-7-11-18)21(24(19)15-16)22-14-17-8-4-2-5-9-17/h2-15,19,23H,1H3/t19-/m0/s1. The fourth-order valence-electron chi connectivity index (χ4n) is 2.95. The molecule has 0 bridgehead atoms. The highest BCUT2D eigenvalue weighted by atomic mass is 15.4. The number of nitrogens with one attached hydrogen (secondary N) is 1. The molecule has 3 nitrogen and oxygen atoms in total. The Balaban J connectivity index is 1.77. The van der Waals surface area contributed by atoms with Crippen LogP contribution in [0.25, 0.3) is 5.70 Å². The highest BCUT2D eigenvalue weighted by Gasteiger charge is 2.30. The van der Waals surface area contributed by atoms with Gasteiger partial charge in [0.1, 0.15) is 6.17 Å². The third-order valence-electron chi connectivity index (χ3n) is 4.14. The van der Waals surface area contributed by atoms with Gasteiger partial charge in [-0.3, -0.25) is 0 Å². The molecule has 0 aliphatic carbocycles. The van der Waals surface area contributed by atoms with E-state index in [1.165, 1.54) is 5.57 Å². The van der Waals surface area contributed by atoms with Gasteiger partial charge in [0, 0.05) is 18.0 Å². The van der Waals surface area contributed by atoms with E-state index in [0.717, 1.165) is 22.6 Å². The molecule has 2 aliphatic heterocycles. The molecule has 2 heterocycles. The average molecular weight is 313 g/mol. The summed E-state index contributed by atoms with van der Waals surface area (Å²) in [7, 11) is 0. The predicted molar refractivity (Wildman–Crippen MR) is 99.1 cm³/mol. The number of allylic oxidation sites excluding steroid dienone is 2. The fourth-order valence-corrected chi connectivity index (χ4v) is 2.95. The summed E-state index contributed by atoms with van der Waals surface area (Å²) in [5.41, 5.74) is 4.51. The monoisotopic (exact) mass is 313 g/mol. The maximum atomic E-state index is 4.81. The molecule has 0 fully saturated rings. The second kappa shape index (κ2) is 6.20.